The largest absolute Gasteiger partial charge is 0.507 e. The molecule has 19 nitrogen and oxygen atoms in total. The molecule has 6 amide bonds. The summed E-state index contributed by atoms with van der Waals surface area (Å²) in [6, 6.07) is 21.2. The monoisotopic (exact) mass is 831 g/mol. The van der Waals surface area contributed by atoms with Crippen molar-refractivity contribution in [3.63, 3.8) is 0 Å². The second-order valence-corrected chi connectivity index (χ2v) is 13.3. The number of anilines is 4. The van der Waals surface area contributed by atoms with Gasteiger partial charge in [-0.15, -0.1) is 0 Å². The smallest absolute Gasteiger partial charge is 0.335 e. The van der Waals surface area contributed by atoms with E-state index in [0.29, 0.717) is 11.3 Å². The molecule has 312 valence electrons. The van der Waals surface area contributed by atoms with Gasteiger partial charge in [0.05, 0.1) is 16.1 Å². The molecule has 0 aromatic heterocycles. The number of amides is 6. The number of hydrogen-bond acceptors (Lipinski definition) is 11. The van der Waals surface area contributed by atoms with E-state index in [1.807, 2.05) is 0 Å². The molecule has 9 N–H and O–H groups in total. The summed E-state index contributed by atoms with van der Waals surface area (Å²) >= 11 is 0. The number of carbonyl (C=O) groups excluding carboxylic acids is 6. The van der Waals surface area contributed by atoms with Gasteiger partial charge in [-0.1, -0.05) is 0 Å². The van der Waals surface area contributed by atoms with Gasteiger partial charge in [-0.2, -0.15) is 0 Å². The van der Waals surface area contributed by atoms with Crippen molar-refractivity contribution in [2.24, 2.45) is 5.73 Å². The van der Waals surface area contributed by atoms with Crippen molar-refractivity contribution in [1.29, 1.82) is 0 Å². The Kier molecular flexibility index (Phi) is 13.5. The van der Waals surface area contributed by atoms with Crippen molar-refractivity contribution in [3.8, 4) is 5.75 Å². The number of carbonyl (C=O) groups is 7. The Balaban J connectivity index is 1.21. The number of aromatic hydroxyl groups is 1. The predicted molar refractivity (Wildman–Crippen MR) is 221 cm³/mol. The molecule has 5 aromatic rings. The zero-order valence-corrected chi connectivity index (χ0v) is 32.5. The molecule has 0 aliphatic rings. The molecule has 0 aliphatic carbocycles. The number of hydrogen-bond donors (Lipinski definition) is 8. The van der Waals surface area contributed by atoms with E-state index >= 15 is 0 Å². The number of nitrogens with one attached hydrogen (secondary N) is 5. The Labute approximate surface area is 346 Å². The lowest BCUT2D eigenvalue weighted by Gasteiger charge is -2.24. The normalized spacial score (nSPS) is 11.6. The maximum atomic E-state index is 13.5. The summed E-state index contributed by atoms with van der Waals surface area (Å²) in [5.74, 6) is -6.13. The summed E-state index contributed by atoms with van der Waals surface area (Å²) in [6.45, 7) is 3.11. The predicted octanol–water partition coefficient (Wildman–Crippen LogP) is 4.61. The van der Waals surface area contributed by atoms with E-state index in [0.717, 1.165) is 7.11 Å². The Hall–Kier alpha value is -8.45. The van der Waals surface area contributed by atoms with Crippen LogP contribution in [0.2, 0.25) is 0 Å². The molecular formula is C42H37N7O12. The van der Waals surface area contributed by atoms with Crippen molar-refractivity contribution in [2.75, 3.05) is 28.4 Å². The van der Waals surface area contributed by atoms with Gasteiger partial charge in [-0.05, 0) is 110 Å². The van der Waals surface area contributed by atoms with Gasteiger partial charge in [0.15, 0.2) is 6.10 Å². The topological polar surface area (TPSA) is 298 Å². The number of carboxylic acid groups (broad SMARTS) is 1. The number of nitrogens with two attached hydrogens (primary N) is 1. The fraction of sp³-hybridized carbons (Fsp3) is 0.119. The van der Waals surface area contributed by atoms with E-state index in [-0.39, 0.29) is 56.1 Å². The van der Waals surface area contributed by atoms with Crippen LogP contribution in [0.15, 0.2) is 103 Å². The van der Waals surface area contributed by atoms with E-state index in [9.17, 15) is 53.9 Å². The number of aromatic carboxylic acids is 1. The third kappa shape index (κ3) is 10.5. The van der Waals surface area contributed by atoms with Gasteiger partial charge in [0, 0.05) is 64.2 Å². The van der Waals surface area contributed by atoms with Crippen molar-refractivity contribution in [3.05, 3.63) is 152 Å². The minimum absolute atomic E-state index is 0.0298. The fourth-order valence-corrected chi connectivity index (χ4v) is 5.83. The number of carboxylic acids is 1. The lowest BCUT2D eigenvalue weighted by Crippen LogP contribution is -2.56. The Morgan fingerprint density at radius 2 is 1.15 bits per heavy atom. The molecule has 0 heterocycles. The molecule has 0 saturated heterocycles. The first kappa shape index (κ1) is 43.7. The first-order valence-corrected chi connectivity index (χ1v) is 18.0. The number of primary amides is 1. The Morgan fingerprint density at radius 3 is 1.67 bits per heavy atom. The van der Waals surface area contributed by atoms with Crippen LogP contribution in [-0.2, 0) is 14.3 Å². The van der Waals surface area contributed by atoms with Crippen molar-refractivity contribution < 1.29 is 53.4 Å². The second-order valence-electron chi connectivity index (χ2n) is 13.3. The van der Waals surface area contributed by atoms with Crippen LogP contribution >= 0.6 is 0 Å². The van der Waals surface area contributed by atoms with Crippen LogP contribution in [-0.4, -0.2) is 75.8 Å². The third-order valence-electron chi connectivity index (χ3n) is 9.21. The highest BCUT2D eigenvalue weighted by Crippen LogP contribution is 2.30. The molecule has 0 aliphatic heterocycles. The Bertz CT molecular complexity index is 2560. The molecule has 19 heteroatoms. The standard InChI is InChI=1S/C42H37N7O12/c1-21-20-26(42(57)58)10-18-31(21)46-40(55)30-17-19-32(22(2)34(30)50)47-38(53)23-4-13-28(14-5-23)45-41(56)33(35(61-3)36(43)51)48-39(54)24-6-11-27(12-7-24)44-37(52)25-8-15-29(16-9-25)49(59)60/h4-20,33,35,50H,1-3H3,(H2,43,51)(H,44,52)(H,45,56)(H,46,55)(H,47,53)(H,48,54)(H,57,58). The lowest BCUT2D eigenvalue weighted by atomic mass is 10.1. The average Bonchev–Trinajstić information content (AvgIpc) is 3.23. The van der Waals surface area contributed by atoms with E-state index in [1.54, 1.807) is 6.92 Å². The minimum Gasteiger partial charge on any atom is -0.507 e. The number of nitro benzene ring substituents is 1. The molecule has 0 bridgehead atoms. The summed E-state index contributed by atoms with van der Waals surface area (Å²) in [6.07, 6.45) is -1.61. The van der Waals surface area contributed by atoms with Gasteiger partial charge in [0.25, 0.3) is 29.3 Å². The molecule has 0 saturated carbocycles. The molecule has 2 unspecified atom stereocenters. The molecule has 61 heavy (non-hydrogen) atoms. The average molecular weight is 832 g/mol. The number of nitrogens with zero attached hydrogens (tertiary/aromatic N) is 1. The highest BCUT2D eigenvalue weighted by atomic mass is 16.6. The maximum Gasteiger partial charge on any atom is 0.335 e. The zero-order chi connectivity index (χ0) is 44.5. The van der Waals surface area contributed by atoms with Crippen LogP contribution in [0, 0.1) is 24.0 Å². The van der Waals surface area contributed by atoms with E-state index in [2.05, 4.69) is 26.6 Å². The summed E-state index contributed by atoms with van der Waals surface area (Å²) < 4.78 is 5.14. The number of methoxy groups -OCH3 is 1. The first-order valence-electron chi connectivity index (χ1n) is 18.0. The number of nitro groups is 1. The summed E-state index contributed by atoms with van der Waals surface area (Å²) in [5, 5.41) is 43.8. The van der Waals surface area contributed by atoms with Gasteiger partial charge in [-0.3, -0.25) is 38.9 Å². The maximum absolute atomic E-state index is 13.5. The first-order chi connectivity index (χ1) is 29.0. The van der Waals surface area contributed by atoms with E-state index < -0.39 is 64.2 Å². The van der Waals surface area contributed by atoms with Crippen LogP contribution in [0.1, 0.15) is 62.9 Å². The van der Waals surface area contributed by atoms with Crippen LogP contribution < -0.4 is 32.3 Å². The SMILES string of the molecule is COC(C(N)=O)C(NC(=O)c1ccc(NC(=O)c2ccc([N+](=O)[O-])cc2)cc1)C(=O)Nc1ccc(C(=O)Nc2ccc(C(=O)Nc3ccc(C(=O)O)cc3C)c(O)c2C)cc1. The number of phenolic OH excluding ortho intramolecular Hbond substituents is 1. The number of phenols is 1. The number of ether oxygens (including phenoxy) is 1. The molecule has 0 spiro atoms. The number of aryl methyl sites for hydroxylation is 1. The van der Waals surface area contributed by atoms with Gasteiger partial charge in [0.1, 0.15) is 11.8 Å². The number of rotatable bonds is 15. The highest BCUT2D eigenvalue weighted by molar-refractivity contribution is 6.10. The Morgan fingerprint density at radius 1 is 0.656 bits per heavy atom. The third-order valence-corrected chi connectivity index (χ3v) is 9.21. The van der Waals surface area contributed by atoms with Crippen molar-refractivity contribution in [1.82, 2.24) is 5.32 Å². The molecule has 2 atom stereocenters. The number of non-ortho nitro benzene ring substituents is 1. The summed E-state index contributed by atoms with van der Waals surface area (Å²) in [7, 11) is 1.12. The second kappa shape index (κ2) is 18.9. The van der Waals surface area contributed by atoms with Crippen LogP contribution in [0.5, 0.6) is 5.75 Å². The number of benzene rings is 5. The quantitative estimate of drug-likeness (QED) is 0.0530. The lowest BCUT2D eigenvalue weighted by molar-refractivity contribution is -0.384. The van der Waals surface area contributed by atoms with Crippen molar-refractivity contribution in [2.45, 2.75) is 26.0 Å². The molecule has 5 aromatic carbocycles. The van der Waals surface area contributed by atoms with E-state index in [1.165, 1.54) is 110 Å². The molecule has 5 rings (SSSR count). The summed E-state index contributed by atoms with van der Waals surface area (Å²) in [4.78, 5) is 99.2. The van der Waals surface area contributed by atoms with Gasteiger partial charge in [-0.25, -0.2) is 4.79 Å². The minimum atomic E-state index is -1.64. The van der Waals surface area contributed by atoms with Crippen LogP contribution in [0.25, 0.3) is 0 Å². The molecular weight excluding hydrogens is 794 g/mol. The highest BCUT2D eigenvalue weighted by Gasteiger charge is 2.34. The van der Waals surface area contributed by atoms with Gasteiger partial charge < -0.3 is 47.3 Å². The van der Waals surface area contributed by atoms with Crippen LogP contribution in [0.4, 0.5) is 28.4 Å². The van der Waals surface area contributed by atoms with Gasteiger partial charge in [0.2, 0.25) is 11.8 Å². The van der Waals surface area contributed by atoms with Crippen LogP contribution in [0.3, 0.4) is 0 Å². The fourth-order valence-electron chi connectivity index (χ4n) is 5.83. The molecule has 0 fully saturated rings. The van der Waals surface area contributed by atoms with Crippen molar-refractivity contribution >= 4 is 69.8 Å². The zero-order valence-electron chi connectivity index (χ0n) is 32.5. The summed E-state index contributed by atoms with van der Waals surface area (Å²) in [5.41, 5.74) is 7.19. The van der Waals surface area contributed by atoms with Gasteiger partial charge >= 0.3 is 5.97 Å². The molecule has 0 radical (unpaired) electrons. The van der Waals surface area contributed by atoms with E-state index in [4.69, 9.17) is 10.5 Å².